The fourth-order valence-electron chi connectivity index (χ4n) is 6.50. The van der Waals surface area contributed by atoms with Crippen molar-refractivity contribution in [2.75, 3.05) is 7.11 Å². The minimum absolute atomic E-state index is 0.118. The van der Waals surface area contributed by atoms with Gasteiger partial charge < -0.3 is 4.74 Å². The van der Waals surface area contributed by atoms with Crippen LogP contribution < -0.4 is 0 Å². The summed E-state index contributed by atoms with van der Waals surface area (Å²) in [6.07, 6.45) is 35.5. The third-order valence-corrected chi connectivity index (χ3v) is 7.47. The molecule has 2 heteroatoms. The van der Waals surface area contributed by atoms with Crippen LogP contribution in [0.1, 0.15) is 89.9 Å². The second-order valence-electron chi connectivity index (χ2n) is 10.0. The zero-order valence-electron chi connectivity index (χ0n) is 19.1. The van der Waals surface area contributed by atoms with Crippen LogP contribution in [0.2, 0.25) is 0 Å². The van der Waals surface area contributed by atoms with Crippen molar-refractivity contribution >= 4 is 5.97 Å². The summed E-state index contributed by atoms with van der Waals surface area (Å²) >= 11 is 0. The minimum Gasteiger partial charge on any atom is -0.469 e. The predicted octanol–water partition coefficient (Wildman–Crippen LogP) is 7.72. The smallest absolute Gasteiger partial charge is 0.305 e. The zero-order chi connectivity index (χ0) is 21.1. The van der Waals surface area contributed by atoms with Crippen LogP contribution in [-0.2, 0) is 9.53 Å². The third kappa shape index (κ3) is 7.60. The van der Waals surface area contributed by atoms with Gasteiger partial charge in [0, 0.05) is 6.42 Å². The molecule has 2 nitrogen and oxygen atoms in total. The van der Waals surface area contributed by atoms with Crippen molar-refractivity contribution in [3.8, 4) is 0 Å². The van der Waals surface area contributed by atoms with Crippen LogP contribution >= 0.6 is 0 Å². The van der Waals surface area contributed by atoms with E-state index in [-0.39, 0.29) is 5.97 Å². The van der Waals surface area contributed by atoms with Crippen LogP contribution in [0.4, 0.5) is 0 Å². The first kappa shape index (κ1) is 23.1. The normalized spacial score (nSPS) is 30.5. The highest BCUT2D eigenvalue weighted by molar-refractivity contribution is 5.69. The van der Waals surface area contributed by atoms with E-state index in [4.69, 9.17) is 0 Å². The number of hydrogen-bond acceptors (Lipinski definition) is 2. The van der Waals surface area contributed by atoms with E-state index in [1.165, 1.54) is 20.0 Å². The highest BCUT2D eigenvalue weighted by Gasteiger charge is 2.50. The minimum atomic E-state index is -0.118. The summed E-state index contributed by atoms with van der Waals surface area (Å²) in [5.41, 5.74) is 0.732. The average Bonchev–Trinajstić information content (AvgIpc) is 2.72. The molecule has 0 heterocycles. The van der Waals surface area contributed by atoms with E-state index >= 15 is 0 Å². The Kier molecular flexibility index (Phi) is 9.49. The third-order valence-electron chi connectivity index (χ3n) is 7.47. The van der Waals surface area contributed by atoms with E-state index < -0.39 is 0 Å². The van der Waals surface area contributed by atoms with Crippen molar-refractivity contribution in [1.82, 2.24) is 0 Å². The fourth-order valence-corrected chi connectivity index (χ4v) is 6.50. The Morgan fingerprint density at radius 3 is 1.73 bits per heavy atom. The number of hydrogen-bond donors (Lipinski definition) is 0. The maximum absolute atomic E-state index is 11.0. The maximum Gasteiger partial charge on any atom is 0.305 e. The Bertz CT molecular complexity index is 602. The van der Waals surface area contributed by atoms with Gasteiger partial charge >= 0.3 is 5.97 Å². The number of ether oxygens (including phenoxy) is 1. The molecule has 4 fully saturated rings. The summed E-state index contributed by atoms with van der Waals surface area (Å²) in [6, 6.07) is 0. The van der Waals surface area contributed by atoms with Gasteiger partial charge in [-0.25, -0.2) is 0 Å². The average molecular weight is 411 g/mol. The monoisotopic (exact) mass is 410 g/mol. The molecule has 0 N–H and O–H groups in total. The number of allylic oxidation sites excluding steroid dienone is 8. The lowest BCUT2D eigenvalue weighted by molar-refractivity contribution is -0.140. The number of carbonyl (C=O) groups is 1. The van der Waals surface area contributed by atoms with E-state index in [1.54, 1.807) is 38.5 Å². The Morgan fingerprint density at radius 1 is 0.767 bits per heavy atom. The lowest BCUT2D eigenvalue weighted by Gasteiger charge is -2.57. The van der Waals surface area contributed by atoms with Gasteiger partial charge in [-0.1, -0.05) is 48.6 Å². The molecule has 0 aliphatic heterocycles. The van der Waals surface area contributed by atoms with E-state index in [1.807, 2.05) is 0 Å². The quantitative estimate of drug-likeness (QED) is 0.176. The summed E-state index contributed by atoms with van der Waals surface area (Å²) in [4.78, 5) is 11.0. The molecule has 0 radical (unpaired) electrons. The van der Waals surface area contributed by atoms with Crippen LogP contribution in [0.25, 0.3) is 0 Å². The largest absolute Gasteiger partial charge is 0.469 e. The Morgan fingerprint density at radius 2 is 1.23 bits per heavy atom. The summed E-state index contributed by atoms with van der Waals surface area (Å²) in [6.45, 7) is 0. The molecule has 30 heavy (non-hydrogen) atoms. The lowest BCUT2D eigenvalue weighted by atomic mass is 9.48. The molecule has 0 spiro atoms. The van der Waals surface area contributed by atoms with Gasteiger partial charge in [-0.15, -0.1) is 0 Å². The molecule has 0 unspecified atom stereocenters. The molecule has 0 amide bonds. The van der Waals surface area contributed by atoms with E-state index in [9.17, 15) is 4.79 Å². The van der Waals surface area contributed by atoms with Gasteiger partial charge in [0.05, 0.1) is 7.11 Å². The second kappa shape index (κ2) is 12.3. The maximum atomic E-state index is 11.0. The van der Waals surface area contributed by atoms with Crippen LogP contribution in [0.3, 0.4) is 0 Å². The molecule has 0 aromatic heterocycles. The first-order valence-corrected chi connectivity index (χ1v) is 12.4. The molecular weight excluding hydrogens is 368 g/mol. The molecule has 0 aromatic rings. The van der Waals surface area contributed by atoms with Crippen molar-refractivity contribution in [1.29, 1.82) is 0 Å². The molecule has 4 aliphatic carbocycles. The van der Waals surface area contributed by atoms with Gasteiger partial charge in [0.2, 0.25) is 0 Å². The number of rotatable bonds is 13. The zero-order valence-corrected chi connectivity index (χ0v) is 19.1. The number of carbonyl (C=O) groups excluding carboxylic acids is 1. The Hall–Kier alpha value is -1.57. The Labute approximate surface area is 184 Å². The summed E-state index contributed by atoms with van der Waals surface area (Å²) in [7, 11) is 1.44. The van der Waals surface area contributed by atoms with E-state index in [0.29, 0.717) is 6.42 Å². The SMILES string of the molecule is COC(=O)CCC/C=C\C/C=C\C/C=C\C/C=C\CCC12CC3CC(CC(C3)C1)C2. The highest BCUT2D eigenvalue weighted by atomic mass is 16.5. The van der Waals surface area contributed by atoms with Gasteiger partial charge in [-0.05, 0) is 107 Å². The topological polar surface area (TPSA) is 26.3 Å². The van der Waals surface area contributed by atoms with E-state index in [0.717, 1.165) is 55.3 Å². The number of methoxy groups -OCH3 is 1. The van der Waals surface area contributed by atoms with Gasteiger partial charge in [0.1, 0.15) is 0 Å². The highest BCUT2D eigenvalue weighted by Crippen LogP contribution is 2.61. The van der Waals surface area contributed by atoms with Crippen molar-refractivity contribution in [3.63, 3.8) is 0 Å². The first-order valence-electron chi connectivity index (χ1n) is 12.4. The first-order chi connectivity index (χ1) is 14.7. The van der Waals surface area contributed by atoms with Crippen LogP contribution in [0.5, 0.6) is 0 Å². The molecule has 0 aromatic carbocycles. The summed E-state index contributed by atoms with van der Waals surface area (Å²) < 4.78 is 4.63. The van der Waals surface area contributed by atoms with E-state index in [2.05, 4.69) is 53.3 Å². The number of unbranched alkanes of at least 4 members (excludes halogenated alkanes) is 1. The standard InChI is InChI=1S/C28H42O2/c1-30-27(29)16-14-12-10-8-6-4-2-3-5-7-9-11-13-15-17-28-21-24-18-25(22-28)20-26(19-24)23-28/h2,4-5,7-8,10-11,13,24-26H,3,6,9,12,14-23H2,1H3/b4-2-,7-5-,10-8-,13-11-. The molecule has 0 atom stereocenters. The second-order valence-corrected chi connectivity index (χ2v) is 10.0. The Balaban J connectivity index is 1.18. The molecule has 0 saturated heterocycles. The van der Waals surface area contributed by atoms with Crippen molar-refractivity contribution in [2.45, 2.75) is 89.9 Å². The molecule has 4 bridgehead atoms. The van der Waals surface area contributed by atoms with Gasteiger partial charge in [-0.2, -0.15) is 0 Å². The van der Waals surface area contributed by atoms with Crippen LogP contribution in [-0.4, -0.2) is 13.1 Å². The summed E-state index contributed by atoms with van der Waals surface area (Å²) in [5, 5.41) is 0. The van der Waals surface area contributed by atoms with Gasteiger partial charge in [0.15, 0.2) is 0 Å². The predicted molar refractivity (Wildman–Crippen MR) is 126 cm³/mol. The van der Waals surface area contributed by atoms with Crippen LogP contribution in [0.15, 0.2) is 48.6 Å². The summed E-state index contributed by atoms with van der Waals surface area (Å²) in [5.74, 6) is 3.13. The van der Waals surface area contributed by atoms with Gasteiger partial charge in [0.25, 0.3) is 0 Å². The fraction of sp³-hybridized carbons (Fsp3) is 0.679. The van der Waals surface area contributed by atoms with Crippen molar-refractivity contribution in [3.05, 3.63) is 48.6 Å². The molecule has 4 aliphatic rings. The molecule has 4 rings (SSSR count). The molecule has 166 valence electrons. The number of esters is 1. The van der Waals surface area contributed by atoms with Crippen molar-refractivity contribution in [2.24, 2.45) is 23.2 Å². The van der Waals surface area contributed by atoms with Gasteiger partial charge in [-0.3, -0.25) is 4.79 Å². The van der Waals surface area contributed by atoms with Crippen molar-refractivity contribution < 1.29 is 9.53 Å². The molecular formula is C28H42O2. The lowest BCUT2D eigenvalue weighted by Crippen LogP contribution is -2.45. The molecule has 4 saturated carbocycles. The van der Waals surface area contributed by atoms with Crippen LogP contribution in [0, 0.1) is 23.2 Å².